The molecule has 1 aliphatic carbocycles. The molecule has 0 spiro atoms. The molecule has 3 rings (SSSR count). The minimum Gasteiger partial charge on any atom is -0.504 e. The lowest BCUT2D eigenvalue weighted by Gasteiger charge is -2.39. The first-order valence-electron chi connectivity index (χ1n) is 8.65. The van der Waals surface area contributed by atoms with Crippen molar-refractivity contribution in [3.63, 3.8) is 0 Å². The van der Waals surface area contributed by atoms with Gasteiger partial charge in [-0.25, -0.2) is 0 Å². The van der Waals surface area contributed by atoms with Crippen molar-refractivity contribution in [3.05, 3.63) is 22.1 Å². The summed E-state index contributed by atoms with van der Waals surface area (Å²) in [5, 5.41) is 60.0. The van der Waals surface area contributed by atoms with E-state index in [4.69, 9.17) is 14.2 Å². The molecule has 0 aromatic heterocycles. The van der Waals surface area contributed by atoms with Gasteiger partial charge in [0, 0.05) is 6.08 Å². The van der Waals surface area contributed by atoms with Gasteiger partial charge >= 0.3 is 0 Å². The maximum atomic E-state index is 13.0. The number of hydrogen-bond donors (Lipinski definition) is 6. The van der Waals surface area contributed by atoms with E-state index in [9.17, 15) is 40.2 Å². The average molecular weight is 444 g/mol. The summed E-state index contributed by atoms with van der Waals surface area (Å²) in [6.07, 6.45) is -5.23. The van der Waals surface area contributed by atoms with Gasteiger partial charge in [-0.15, -0.1) is 0 Å². The molecule has 0 radical (unpaired) electrons. The van der Waals surface area contributed by atoms with Gasteiger partial charge in [-0.1, -0.05) is 11.8 Å². The molecule has 1 aromatic carbocycles. The van der Waals surface area contributed by atoms with E-state index in [1.54, 1.807) is 0 Å². The predicted octanol–water partition coefficient (Wildman–Crippen LogP) is -1.09. The van der Waals surface area contributed by atoms with Crippen LogP contribution in [0.4, 0.5) is 0 Å². The number of rotatable bonds is 5. The molecular weight excluding hydrogens is 424 g/mol. The largest absolute Gasteiger partial charge is 0.504 e. The summed E-state index contributed by atoms with van der Waals surface area (Å²) in [6.45, 7) is -0.664. The Bertz CT molecular complexity index is 910. The van der Waals surface area contributed by atoms with Crippen molar-refractivity contribution in [3.8, 4) is 23.0 Å². The summed E-state index contributed by atoms with van der Waals surface area (Å²) in [4.78, 5) is 25.3. The number of carbonyl (C=O) groups excluding carboxylic acids is 2. The van der Waals surface area contributed by atoms with Crippen molar-refractivity contribution in [2.24, 2.45) is 0 Å². The lowest BCUT2D eigenvalue weighted by Crippen LogP contribution is -2.57. The minimum absolute atomic E-state index is 0.265. The third-order valence-corrected chi connectivity index (χ3v) is 6.00. The fraction of sp³-hybridized carbons (Fsp3) is 0.444. The maximum absolute atomic E-state index is 13.0. The van der Waals surface area contributed by atoms with Gasteiger partial charge in [0.05, 0.1) is 36.9 Å². The SMILES string of the molecule is COc1c(O)c2c(c(O)c1OC)C(=O)C(S[C@@H]1O[C@H](CO)[C@@H](O)[C@H](O)[C@H]1O)=CC2=O. The Balaban J connectivity index is 2.00. The molecule has 0 unspecified atom stereocenters. The number of aliphatic hydroxyl groups excluding tert-OH is 4. The van der Waals surface area contributed by atoms with Crippen LogP contribution in [-0.4, -0.2) is 92.9 Å². The Labute approximate surface area is 174 Å². The highest BCUT2D eigenvalue weighted by Gasteiger charge is 2.45. The van der Waals surface area contributed by atoms with Crippen LogP contribution < -0.4 is 9.47 Å². The first-order valence-corrected chi connectivity index (χ1v) is 9.53. The monoisotopic (exact) mass is 444 g/mol. The second-order valence-corrected chi connectivity index (χ2v) is 7.67. The number of Topliss-reactive ketones (excluding diaryl/α,β-unsaturated/α-hetero) is 1. The highest BCUT2D eigenvalue weighted by molar-refractivity contribution is 8.04. The number of allylic oxidation sites excluding steroid dienone is 2. The maximum Gasteiger partial charge on any atom is 0.207 e. The smallest absolute Gasteiger partial charge is 0.207 e. The number of hydrogen-bond acceptors (Lipinski definition) is 12. The number of methoxy groups -OCH3 is 2. The summed E-state index contributed by atoms with van der Waals surface area (Å²) >= 11 is 0.559. The first kappa shape index (κ1) is 22.3. The lowest BCUT2D eigenvalue weighted by atomic mass is 9.91. The van der Waals surface area contributed by atoms with Gasteiger partial charge < -0.3 is 44.8 Å². The standard InChI is InChI=1S/C18H20O11S/c1-27-16-12(23)8-5(20)3-7(11(22)9(8)13(24)17(16)28-2)30-18-15(26)14(25)10(21)6(4-19)29-18/h3,6,10,14-15,18-19,21,23-26H,4H2,1-2H3/t6-,10-,14+,15-,18+/m1/s1. The second kappa shape index (κ2) is 8.41. The van der Waals surface area contributed by atoms with Gasteiger partial charge in [0.1, 0.15) is 29.9 Å². The molecule has 0 amide bonds. The topological polar surface area (TPSA) is 183 Å². The zero-order valence-electron chi connectivity index (χ0n) is 15.8. The molecule has 1 saturated heterocycles. The number of ether oxygens (including phenoxy) is 3. The molecule has 0 bridgehead atoms. The number of thioether (sulfide) groups is 1. The number of phenols is 2. The third kappa shape index (κ3) is 3.41. The van der Waals surface area contributed by atoms with E-state index in [0.717, 1.165) is 13.2 Å². The Morgan fingerprint density at radius 3 is 2.07 bits per heavy atom. The van der Waals surface area contributed by atoms with E-state index in [1.165, 1.54) is 7.11 Å². The Hall–Kier alpha value is -2.35. The molecule has 1 heterocycles. The van der Waals surface area contributed by atoms with Crippen LogP contribution in [0.2, 0.25) is 0 Å². The van der Waals surface area contributed by atoms with Gasteiger partial charge in [0.15, 0.2) is 17.3 Å². The molecule has 2 aliphatic rings. The Kier molecular flexibility index (Phi) is 6.26. The second-order valence-electron chi connectivity index (χ2n) is 6.53. The van der Waals surface area contributed by atoms with E-state index < -0.39 is 70.7 Å². The van der Waals surface area contributed by atoms with Gasteiger partial charge in [0.2, 0.25) is 17.3 Å². The van der Waals surface area contributed by atoms with E-state index in [-0.39, 0.29) is 16.4 Å². The molecule has 6 N–H and O–H groups in total. The van der Waals surface area contributed by atoms with Crippen LogP contribution in [-0.2, 0) is 4.74 Å². The third-order valence-electron chi connectivity index (χ3n) is 4.82. The predicted molar refractivity (Wildman–Crippen MR) is 101 cm³/mol. The van der Waals surface area contributed by atoms with E-state index in [2.05, 4.69) is 0 Å². The summed E-state index contributed by atoms with van der Waals surface area (Å²) in [6, 6.07) is 0. The van der Waals surface area contributed by atoms with E-state index in [1.807, 2.05) is 0 Å². The quantitative estimate of drug-likeness (QED) is 0.302. The molecular formula is C18H20O11S. The fourth-order valence-electron chi connectivity index (χ4n) is 3.28. The van der Waals surface area contributed by atoms with Gasteiger partial charge in [-0.3, -0.25) is 9.59 Å². The highest BCUT2D eigenvalue weighted by atomic mass is 32.2. The number of carbonyl (C=O) groups is 2. The minimum atomic E-state index is -1.67. The highest BCUT2D eigenvalue weighted by Crippen LogP contribution is 2.51. The number of benzene rings is 1. The van der Waals surface area contributed by atoms with Crippen LogP contribution in [0.5, 0.6) is 23.0 Å². The van der Waals surface area contributed by atoms with Crippen LogP contribution in [0.1, 0.15) is 20.7 Å². The molecule has 164 valence electrons. The molecule has 0 saturated carbocycles. The molecule has 1 aromatic rings. The average Bonchev–Trinajstić information content (AvgIpc) is 2.72. The van der Waals surface area contributed by atoms with Gasteiger partial charge in [-0.05, 0) is 0 Å². The number of aromatic hydroxyl groups is 2. The summed E-state index contributed by atoms with van der Waals surface area (Å²) in [5.74, 6) is -3.79. The molecule has 30 heavy (non-hydrogen) atoms. The van der Waals surface area contributed by atoms with Crippen molar-refractivity contribution >= 4 is 23.3 Å². The Morgan fingerprint density at radius 1 is 0.967 bits per heavy atom. The van der Waals surface area contributed by atoms with Crippen LogP contribution in [0.25, 0.3) is 0 Å². The normalized spacial score (nSPS) is 28.7. The van der Waals surface area contributed by atoms with Crippen molar-refractivity contribution < 1.29 is 54.4 Å². The van der Waals surface area contributed by atoms with Crippen LogP contribution in [0.15, 0.2) is 11.0 Å². The van der Waals surface area contributed by atoms with Gasteiger partial charge in [-0.2, -0.15) is 0 Å². The van der Waals surface area contributed by atoms with E-state index in [0.29, 0.717) is 11.8 Å². The number of fused-ring (bicyclic) bond motifs is 1. The first-order chi connectivity index (χ1) is 14.2. The molecule has 12 heteroatoms. The summed E-state index contributed by atoms with van der Waals surface area (Å²) < 4.78 is 15.3. The molecule has 1 aliphatic heterocycles. The van der Waals surface area contributed by atoms with Crippen molar-refractivity contribution in [2.45, 2.75) is 29.9 Å². The van der Waals surface area contributed by atoms with Crippen LogP contribution in [0.3, 0.4) is 0 Å². The number of ketones is 2. The Morgan fingerprint density at radius 2 is 1.53 bits per heavy atom. The number of phenolic OH excluding ortho intramolecular Hbond substituents is 2. The van der Waals surface area contributed by atoms with Crippen LogP contribution >= 0.6 is 11.8 Å². The van der Waals surface area contributed by atoms with Crippen molar-refractivity contribution in [2.75, 3.05) is 20.8 Å². The summed E-state index contributed by atoms with van der Waals surface area (Å²) in [7, 11) is 2.34. The van der Waals surface area contributed by atoms with Gasteiger partial charge in [0.25, 0.3) is 0 Å². The summed E-state index contributed by atoms with van der Waals surface area (Å²) in [5.41, 5.74) is -2.32. The van der Waals surface area contributed by atoms with Crippen molar-refractivity contribution in [1.82, 2.24) is 0 Å². The number of aliphatic hydroxyl groups is 4. The van der Waals surface area contributed by atoms with E-state index >= 15 is 0 Å². The zero-order valence-corrected chi connectivity index (χ0v) is 16.6. The molecule has 5 atom stereocenters. The fourth-order valence-corrected chi connectivity index (χ4v) is 4.41. The molecule has 1 fully saturated rings. The molecule has 11 nitrogen and oxygen atoms in total. The lowest BCUT2D eigenvalue weighted by molar-refractivity contribution is -0.205. The van der Waals surface area contributed by atoms with Crippen LogP contribution in [0, 0.1) is 0 Å². The van der Waals surface area contributed by atoms with Crippen molar-refractivity contribution in [1.29, 1.82) is 0 Å². The zero-order chi connectivity index (χ0) is 22.3.